The van der Waals surface area contributed by atoms with Gasteiger partial charge < -0.3 is 10.4 Å². The van der Waals surface area contributed by atoms with Gasteiger partial charge in [-0.15, -0.1) is 0 Å². The number of amides is 1. The van der Waals surface area contributed by atoms with Crippen LogP contribution in [0.5, 0.6) is 0 Å². The summed E-state index contributed by atoms with van der Waals surface area (Å²) >= 11 is 0. The van der Waals surface area contributed by atoms with Crippen LogP contribution in [0.2, 0.25) is 0 Å². The van der Waals surface area contributed by atoms with Gasteiger partial charge >= 0.3 is 5.97 Å². The third-order valence-corrected chi connectivity index (χ3v) is 2.28. The van der Waals surface area contributed by atoms with Crippen molar-refractivity contribution in [2.75, 3.05) is 6.54 Å². The molecule has 0 aliphatic carbocycles. The first-order chi connectivity index (χ1) is 7.99. The fraction of sp³-hybridized carbons (Fsp3) is 0.333. The Labute approximate surface area is 98.5 Å². The normalized spacial score (nSPS) is 11.9. The molecule has 0 aromatic heterocycles. The zero-order chi connectivity index (χ0) is 12.8. The molecule has 5 heteroatoms. The average Bonchev–Trinajstić information content (AvgIpc) is 2.25. The Hall–Kier alpha value is -1.91. The average molecular weight is 239 g/mol. The highest BCUT2D eigenvalue weighted by molar-refractivity contribution is 5.79. The molecule has 0 aliphatic rings. The molecule has 1 aromatic carbocycles. The molecule has 4 nitrogen and oxygen atoms in total. The van der Waals surface area contributed by atoms with E-state index in [2.05, 4.69) is 5.32 Å². The monoisotopic (exact) mass is 239 g/mol. The van der Waals surface area contributed by atoms with Crippen molar-refractivity contribution in [1.82, 2.24) is 5.32 Å². The second kappa shape index (κ2) is 5.98. The summed E-state index contributed by atoms with van der Waals surface area (Å²) in [7, 11) is 0. The molecule has 0 saturated heterocycles. The summed E-state index contributed by atoms with van der Waals surface area (Å²) < 4.78 is 12.8. The molecule has 0 saturated carbocycles. The number of benzene rings is 1. The minimum Gasteiger partial charge on any atom is -0.481 e. The first-order valence-corrected chi connectivity index (χ1v) is 5.23. The highest BCUT2D eigenvalue weighted by Crippen LogP contribution is 2.04. The molecule has 1 aromatic rings. The molecule has 0 aliphatic heterocycles. The Morgan fingerprint density at radius 3 is 2.76 bits per heavy atom. The van der Waals surface area contributed by atoms with Gasteiger partial charge in [-0.05, 0) is 17.7 Å². The van der Waals surface area contributed by atoms with E-state index in [0.29, 0.717) is 5.56 Å². The minimum atomic E-state index is -0.962. The van der Waals surface area contributed by atoms with Gasteiger partial charge in [-0.3, -0.25) is 9.59 Å². The van der Waals surface area contributed by atoms with Crippen LogP contribution in [-0.2, 0) is 16.0 Å². The second-order valence-corrected chi connectivity index (χ2v) is 3.85. The number of carboxylic acids is 1. The SMILES string of the molecule is CC(CNC(=O)Cc1cccc(F)c1)C(=O)O. The topological polar surface area (TPSA) is 66.4 Å². The van der Waals surface area contributed by atoms with E-state index in [1.807, 2.05) is 0 Å². The summed E-state index contributed by atoms with van der Waals surface area (Å²) in [6, 6.07) is 5.75. The molecule has 1 atom stereocenters. The molecule has 1 amide bonds. The van der Waals surface area contributed by atoms with Crippen molar-refractivity contribution < 1.29 is 19.1 Å². The highest BCUT2D eigenvalue weighted by Gasteiger charge is 2.12. The van der Waals surface area contributed by atoms with Crippen molar-refractivity contribution in [2.45, 2.75) is 13.3 Å². The van der Waals surface area contributed by atoms with Crippen molar-refractivity contribution >= 4 is 11.9 Å². The maximum absolute atomic E-state index is 12.8. The van der Waals surface area contributed by atoms with E-state index >= 15 is 0 Å². The smallest absolute Gasteiger partial charge is 0.308 e. The van der Waals surface area contributed by atoms with Gasteiger partial charge in [-0.1, -0.05) is 19.1 Å². The minimum absolute atomic E-state index is 0.0457. The Balaban J connectivity index is 2.42. The standard InChI is InChI=1S/C12H14FNO3/c1-8(12(16)17)7-14-11(15)6-9-3-2-4-10(13)5-9/h2-5,8H,6-7H2,1H3,(H,14,15)(H,16,17). The van der Waals surface area contributed by atoms with E-state index in [9.17, 15) is 14.0 Å². The van der Waals surface area contributed by atoms with Crippen molar-refractivity contribution in [3.05, 3.63) is 35.6 Å². The van der Waals surface area contributed by atoms with Crippen molar-refractivity contribution in [3.63, 3.8) is 0 Å². The van der Waals surface area contributed by atoms with E-state index in [4.69, 9.17) is 5.11 Å². The zero-order valence-electron chi connectivity index (χ0n) is 9.44. The van der Waals surface area contributed by atoms with Gasteiger partial charge in [0.15, 0.2) is 0 Å². The Kier molecular flexibility index (Phi) is 4.63. The Morgan fingerprint density at radius 1 is 1.47 bits per heavy atom. The van der Waals surface area contributed by atoms with Gasteiger partial charge in [0.2, 0.25) is 5.91 Å². The van der Waals surface area contributed by atoms with Gasteiger partial charge in [0.05, 0.1) is 12.3 Å². The van der Waals surface area contributed by atoms with Gasteiger partial charge in [0.1, 0.15) is 5.82 Å². The second-order valence-electron chi connectivity index (χ2n) is 3.85. The van der Waals surface area contributed by atoms with Crippen LogP contribution >= 0.6 is 0 Å². The van der Waals surface area contributed by atoms with Crippen molar-refractivity contribution in [3.8, 4) is 0 Å². The van der Waals surface area contributed by atoms with E-state index in [1.54, 1.807) is 6.07 Å². The summed E-state index contributed by atoms with van der Waals surface area (Å²) in [4.78, 5) is 21.9. The molecular formula is C12H14FNO3. The molecule has 17 heavy (non-hydrogen) atoms. The third-order valence-electron chi connectivity index (χ3n) is 2.28. The lowest BCUT2D eigenvalue weighted by atomic mass is 10.1. The van der Waals surface area contributed by atoms with Crippen molar-refractivity contribution in [1.29, 1.82) is 0 Å². The quantitative estimate of drug-likeness (QED) is 0.811. The van der Waals surface area contributed by atoms with Gasteiger partial charge in [0, 0.05) is 6.54 Å². The van der Waals surface area contributed by atoms with Gasteiger partial charge in [0.25, 0.3) is 0 Å². The highest BCUT2D eigenvalue weighted by atomic mass is 19.1. The van der Waals surface area contributed by atoms with Gasteiger partial charge in [-0.2, -0.15) is 0 Å². The maximum Gasteiger partial charge on any atom is 0.308 e. The fourth-order valence-corrected chi connectivity index (χ4v) is 1.25. The van der Waals surface area contributed by atoms with Gasteiger partial charge in [-0.25, -0.2) is 4.39 Å². The number of carboxylic acid groups (broad SMARTS) is 1. The number of carbonyl (C=O) groups excluding carboxylic acids is 1. The predicted octanol–water partition coefficient (Wildman–Crippen LogP) is 1.21. The van der Waals surface area contributed by atoms with Crippen LogP contribution in [0, 0.1) is 11.7 Å². The van der Waals surface area contributed by atoms with E-state index in [-0.39, 0.29) is 18.9 Å². The first kappa shape index (κ1) is 13.2. The zero-order valence-corrected chi connectivity index (χ0v) is 9.44. The molecule has 1 unspecified atom stereocenters. The summed E-state index contributed by atoms with van der Waals surface area (Å²) in [6.45, 7) is 1.58. The predicted molar refractivity (Wildman–Crippen MR) is 59.9 cm³/mol. The molecule has 1 rings (SSSR count). The number of nitrogens with one attached hydrogen (secondary N) is 1. The molecule has 0 bridgehead atoms. The largest absolute Gasteiger partial charge is 0.481 e. The maximum atomic E-state index is 12.8. The number of hydrogen-bond donors (Lipinski definition) is 2. The molecule has 0 radical (unpaired) electrons. The summed E-state index contributed by atoms with van der Waals surface area (Å²) in [5.41, 5.74) is 0.561. The van der Waals surface area contributed by atoms with Crippen LogP contribution in [0.15, 0.2) is 24.3 Å². The molecule has 92 valence electrons. The summed E-state index contributed by atoms with van der Waals surface area (Å²) in [5.74, 6) is -2.31. The van der Waals surface area contributed by atoms with Crippen LogP contribution < -0.4 is 5.32 Å². The van der Waals surface area contributed by atoms with Crippen LogP contribution in [0.25, 0.3) is 0 Å². The molecular weight excluding hydrogens is 225 g/mol. The summed E-state index contributed by atoms with van der Waals surface area (Å²) in [6.07, 6.45) is 0.0457. The van der Waals surface area contributed by atoms with Crippen LogP contribution in [-0.4, -0.2) is 23.5 Å². The Bertz CT molecular complexity index is 420. The number of carbonyl (C=O) groups is 2. The van der Waals surface area contributed by atoms with Crippen LogP contribution in [0.3, 0.4) is 0 Å². The van der Waals surface area contributed by atoms with Crippen LogP contribution in [0.1, 0.15) is 12.5 Å². The molecule has 0 spiro atoms. The molecule has 0 fully saturated rings. The van der Waals surface area contributed by atoms with Crippen molar-refractivity contribution in [2.24, 2.45) is 5.92 Å². The lowest BCUT2D eigenvalue weighted by Crippen LogP contribution is -2.32. The lowest BCUT2D eigenvalue weighted by molar-refractivity contribution is -0.141. The van der Waals surface area contributed by atoms with E-state index < -0.39 is 17.7 Å². The van der Waals surface area contributed by atoms with E-state index in [0.717, 1.165) is 0 Å². The number of hydrogen-bond acceptors (Lipinski definition) is 2. The number of rotatable bonds is 5. The fourth-order valence-electron chi connectivity index (χ4n) is 1.25. The third kappa shape index (κ3) is 4.63. The molecule has 2 N–H and O–H groups in total. The molecule has 0 heterocycles. The van der Waals surface area contributed by atoms with Crippen LogP contribution in [0.4, 0.5) is 4.39 Å². The Morgan fingerprint density at radius 2 is 2.18 bits per heavy atom. The number of halogens is 1. The summed E-state index contributed by atoms with van der Waals surface area (Å²) in [5, 5.41) is 11.1. The number of aliphatic carboxylic acids is 1. The first-order valence-electron chi connectivity index (χ1n) is 5.23. The lowest BCUT2D eigenvalue weighted by Gasteiger charge is -2.08. The van der Waals surface area contributed by atoms with E-state index in [1.165, 1.54) is 25.1 Å².